The molecule has 1 aromatic rings. The van der Waals surface area contributed by atoms with Crippen LogP contribution >= 0.6 is 11.8 Å². The fourth-order valence-electron chi connectivity index (χ4n) is 2.20. The van der Waals surface area contributed by atoms with Crippen LogP contribution in [-0.2, 0) is 19.1 Å². The maximum absolute atomic E-state index is 12.5. The van der Waals surface area contributed by atoms with Crippen molar-refractivity contribution in [2.75, 3.05) is 7.11 Å². The van der Waals surface area contributed by atoms with Crippen molar-refractivity contribution in [1.82, 2.24) is 5.32 Å². The van der Waals surface area contributed by atoms with Gasteiger partial charge in [0.2, 0.25) is 0 Å². The minimum absolute atomic E-state index is 0.0192. The Balaban J connectivity index is 2.76. The second kappa shape index (κ2) is 10.5. The van der Waals surface area contributed by atoms with Gasteiger partial charge in [0.1, 0.15) is 23.0 Å². The molecular formula is C21H31NO6S. The van der Waals surface area contributed by atoms with E-state index in [1.807, 2.05) is 0 Å². The number of benzene rings is 1. The molecule has 0 aliphatic heterocycles. The summed E-state index contributed by atoms with van der Waals surface area (Å²) in [4.78, 5) is 37.6. The lowest BCUT2D eigenvalue weighted by Crippen LogP contribution is -2.43. The summed E-state index contributed by atoms with van der Waals surface area (Å²) >= 11 is 0.941. The number of thioether (sulfide) groups is 1. The number of nitrogens with one attached hydrogen (secondary N) is 1. The molecule has 0 radical (unpaired) electrons. The molecule has 0 saturated heterocycles. The van der Waals surface area contributed by atoms with Crippen LogP contribution in [0.4, 0.5) is 4.79 Å². The van der Waals surface area contributed by atoms with Crippen molar-refractivity contribution in [1.29, 1.82) is 0 Å². The quantitative estimate of drug-likeness (QED) is 0.513. The maximum Gasteiger partial charge on any atom is 0.329 e. The zero-order valence-corrected chi connectivity index (χ0v) is 19.0. The molecule has 8 heteroatoms. The van der Waals surface area contributed by atoms with Crippen molar-refractivity contribution in [3.8, 4) is 5.75 Å². The zero-order chi connectivity index (χ0) is 22.2. The van der Waals surface area contributed by atoms with Gasteiger partial charge in [0.15, 0.2) is 0 Å². The highest BCUT2D eigenvalue weighted by Gasteiger charge is 2.28. The van der Waals surface area contributed by atoms with Gasteiger partial charge in [-0.05, 0) is 84.0 Å². The van der Waals surface area contributed by atoms with Gasteiger partial charge in [-0.3, -0.25) is 9.59 Å². The van der Waals surface area contributed by atoms with Gasteiger partial charge in [-0.15, -0.1) is 0 Å². The fraction of sp³-hybridized carbons (Fsp3) is 0.571. The van der Waals surface area contributed by atoms with E-state index in [4.69, 9.17) is 14.2 Å². The third kappa shape index (κ3) is 10.8. The Bertz CT molecular complexity index is 703. The van der Waals surface area contributed by atoms with Gasteiger partial charge in [-0.2, -0.15) is 0 Å². The molecule has 162 valence electrons. The second-order valence-electron chi connectivity index (χ2n) is 8.42. The van der Waals surface area contributed by atoms with Crippen molar-refractivity contribution in [3.05, 3.63) is 24.3 Å². The first-order chi connectivity index (χ1) is 13.3. The number of hydrogen-bond donors (Lipinski definition) is 1. The summed E-state index contributed by atoms with van der Waals surface area (Å²) in [6.07, 6.45) is 0.0629. The van der Waals surface area contributed by atoms with Gasteiger partial charge in [-0.1, -0.05) is 0 Å². The molecule has 1 amide bonds. The molecule has 29 heavy (non-hydrogen) atoms. The number of rotatable bonds is 7. The predicted octanol–water partition coefficient (Wildman–Crippen LogP) is 4.33. The lowest BCUT2D eigenvalue weighted by molar-refractivity contribution is -0.158. The summed E-state index contributed by atoms with van der Waals surface area (Å²) < 4.78 is 15.7. The Morgan fingerprint density at radius 1 is 0.966 bits per heavy atom. The molecule has 0 aliphatic rings. The monoisotopic (exact) mass is 425 g/mol. The van der Waals surface area contributed by atoms with E-state index < -0.39 is 34.4 Å². The van der Waals surface area contributed by atoms with Gasteiger partial charge < -0.3 is 19.5 Å². The van der Waals surface area contributed by atoms with E-state index in [1.165, 1.54) is 0 Å². The fourth-order valence-corrected chi connectivity index (χ4v) is 2.89. The average Bonchev–Trinajstić information content (AvgIpc) is 2.56. The van der Waals surface area contributed by atoms with Crippen LogP contribution in [0.3, 0.4) is 0 Å². The van der Waals surface area contributed by atoms with Crippen LogP contribution in [0, 0.1) is 0 Å². The SMILES string of the molecule is COc1ccc(SC(=O)N[C@@H](CCC(=O)OC(C)(C)C)C(=O)OC(C)(C)C)cc1. The molecule has 1 rings (SSSR count). The van der Waals surface area contributed by atoms with E-state index in [1.54, 1.807) is 72.9 Å². The first kappa shape index (κ1) is 24.8. The van der Waals surface area contributed by atoms with Gasteiger partial charge in [0.25, 0.3) is 5.24 Å². The summed E-state index contributed by atoms with van der Waals surface area (Å²) in [5, 5.41) is 2.22. The third-order valence-corrected chi connectivity index (χ3v) is 4.12. The molecule has 0 bridgehead atoms. The molecule has 0 fully saturated rings. The Kier molecular flexibility index (Phi) is 9.01. The third-order valence-electron chi connectivity index (χ3n) is 3.31. The number of carbonyl (C=O) groups is 3. The summed E-state index contributed by atoms with van der Waals surface area (Å²) in [5.41, 5.74) is -1.33. The highest BCUT2D eigenvalue weighted by Crippen LogP contribution is 2.22. The second-order valence-corrected chi connectivity index (χ2v) is 9.47. The van der Waals surface area contributed by atoms with Crippen LogP contribution in [0.2, 0.25) is 0 Å². The Morgan fingerprint density at radius 2 is 1.52 bits per heavy atom. The van der Waals surface area contributed by atoms with Crippen LogP contribution < -0.4 is 10.1 Å². The Hall–Kier alpha value is -2.22. The topological polar surface area (TPSA) is 90.9 Å². The minimum Gasteiger partial charge on any atom is -0.497 e. The van der Waals surface area contributed by atoms with Crippen molar-refractivity contribution < 1.29 is 28.6 Å². The van der Waals surface area contributed by atoms with Crippen LogP contribution in [0.1, 0.15) is 54.4 Å². The highest BCUT2D eigenvalue weighted by molar-refractivity contribution is 8.13. The van der Waals surface area contributed by atoms with Gasteiger partial charge in [0.05, 0.1) is 7.11 Å². The molecule has 1 aromatic carbocycles. The minimum atomic E-state index is -0.958. The summed E-state index contributed by atoms with van der Waals surface area (Å²) in [7, 11) is 1.56. The summed E-state index contributed by atoms with van der Waals surface area (Å²) in [6, 6.07) is 6.01. The molecule has 0 aromatic heterocycles. The molecule has 0 heterocycles. The highest BCUT2D eigenvalue weighted by atomic mass is 32.2. The number of methoxy groups -OCH3 is 1. The number of amides is 1. The van der Waals surface area contributed by atoms with E-state index >= 15 is 0 Å². The van der Waals surface area contributed by atoms with E-state index in [-0.39, 0.29) is 12.8 Å². The van der Waals surface area contributed by atoms with Crippen molar-refractivity contribution >= 4 is 28.9 Å². The predicted molar refractivity (Wildman–Crippen MR) is 112 cm³/mol. The van der Waals surface area contributed by atoms with Crippen molar-refractivity contribution in [2.45, 2.75) is 76.5 Å². The first-order valence-corrected chi connectivity index (χ1v) is 10.2. The number of esters is 2. The van der Waals surface area contributed by atoms with Gasteiger partial charge >= 0.3 is 11.9 Å². The maximum atomic E-state index is 12.5. The Morgan fingerprint density at radius 3 is 2.00 bits per heavy atom. The lowest BCUT2D eigenvalue weighted by Gasteiger charge is -2.25. The van der Waals surface area contributed by atoms with Crippen LogP contribution in [0.15, 0.2) is 29.2 Å². The zero-order valence-electron chi connectivity index (χ0n) is 18.2. The van der Waals surface area contributed by atoms with Crippen LogP contribution in [0.5, 0.6) is 5.75 Å². The molecule has 0 saturated carbocycles. The molecule has 7 nitrogen and oxygen atoms in total. The summed E-state index contributed by atoms with van der Waals surface area (Å²) in [5.74, 6) is -0.355. The van der Waals surface area contributed by atoms with Crippen LogP contribution in [-0.4, -0.2) is 41.5 Å². The molecule has 0 unspecified atom stereocenters. The molecule has 1 N–H and O–H groups in total. The summed E-state index contributed by atoms with van der Waals surface area (Å²) in [6.45, 7) is 10.5. The standard InChI is InChI=1S/C21H31NO6S/c1-20(2,3)27-17(23)13-12-16(18(24)28-21(4,5)6)22-19(25)29-15-10-8-14(26-7)9-11-15/h8-11,16H,12-13H2,1-7H3,(H,22,25)/t16-/m0/s1. The lowest BCUT2D eigenvalue weighted by atomic mass is 10.1. The van der Waals surface area contributed by atoms with E-state index in [2.05, 4.69) is 5.32 Å². The van der Waals surface area contributed by atoms with Gasteiger partial charge in [0, 0.05) is 11.3 Å². The molecule has 0 spiro atoms. The van der Waals surface area contributed by atoms with E-state index in [9.17, 15) is 14.4 Å². The average molecular weight is 426 g/mol. The Labute approximate surface area is 176 Å². The number of hydrogen-bond acceptors (Lipinski definition) is 7. The number of ether oxygens (including phenoxy) is 3. The van der Waals surface area contributed by atoms with Crippen molar-refractivity contribution in [3.63, 3.8) is 0 Å². The van der Waals surface area contributed by atoms with Crippen molar-refractivity contribution in [2.24, 2.45) is 0 Å². The van der Waals surface area contributed by atoms with E-state index in [0.29, 0.717) is 10.6 Å². The first-order valence-electron chi connectivity index (χ1n) is 9.36. The number of carbonyl (C=O) groups excluding carboxylic acids is 3. The smallest absolute Gasteiger partial charge is 0.329 e. The molecule has 0 aliphatic carbocycles. The van der Waals surface area contributed by atoms with Gasteiger partial charge in [-0.25, -0.2) is 4.79 Å². The normalized spacial score (nSPS) is 12.7. The molecule has 1 atom stereocenters. The molecular weight excluding hydrogens is 394 g/mol. The van der Waals surface area contributed by atoms with Crippen LogP contribution in [0.25, 0.3) is 0 Å². The largest absolute Gasteiger partial charge is 0.497 e. The van der Waals surface area contributed by atoms with E-state index in [0.717, 1.165) is 11.8 Å².